The fourth-order valence-electron chi connectivity index (χ4n) is 6.51. The minimum absolute atomic E-state index is 0.152. The van der Waals surface area contributed by atoms with Gasteiger partial charge < -0.3 is 24.6 Å². The lowest BCUT2D eigenvalue weighted by molar-refractivity contribution is -0.137. The van der Waals surface area contributed by atoms with Crippen LogP contribution < -0.4 is 20.3 Å². The lowest BCUT2D eigenvalue weighted by atomic mass is 10.0. The van der Waals surface area contributed by atoms with E-state index in [4.69, 9.17) is 9.47 Å². The zero-order valence-corrected chi connectivity index (χ0v) is 26.2. The summed E-state index contributed by atoms with van der Waals surface area (Å²) in [6, 6.07) is 14.5. The number of aromatic nitrogens is 3. The summed E-state index contributed by atoms with van der Waals surface area (Å²) in [5.74, 6) is -2.63. The maximum Gasteiger partial charge on any atom is 0.262 e. The van der Waals surface area contributed by atoms with Gasteiger partial charge in [-0.1, -0.05) is 0 Å². The highest BCUT2D eigenvalue weighted by atomic mass is 19.3. The number of benzene rings is 2. The number of alkyl halides is 3. The van der Waals surface area contributed by atoms with Crippen molar-refractivity contribution in [1.82, 2.24) is 30.1 Å². The van der Waals surface area contributed by atoms with Crippen LogP contribution in [0.4, 0.5) is 30.5 Å². The molecule has 0 radical (unpaired) electrons. The predicted molar refractivity (Wildman–Crippen MR) is 170 cm³/mol. The highest BCUT2D eigenvalue weighted by molar-refractivity contribution is 5.82. The zero-order valence-electron chi connectivity index (χ0n) is 26.2. The molecule has 5 heterocycles. The van der Waals surface area contributed by atoms with Gasteiger partial charge in [-0.05, 0) is 42.5 Å². The number of rotatable bonds is 8. The van der Waals surface area contributed by atoms with E-state index in [1.807, 2.05) is 12.1 Å². The Bertz CT molecular complexity index is 1660. The van der Waals surface area contributed by atoms with Crippen LogP contribution in [-0.4, -0.2) is 120 Å². The quantitative estimate of drug-likeness (QED) is 0.369. The molecule has 3 atom stereocenters. The van der Waals surface area contributed by atoms with E-state index in [-0.39, 0.29) is 30.8 Å². The van der Waals surface area contributed by atoms with Crippen LogP contribution in [0.5, 0.6) is 5.75 Å². The second-order valence-corrected chi connectivity index (χ2v) is 12.6. The third kappa shape index (κ3) is 7.01. The van der Waals surface area contributed by atoms with E-state index in [9.17, 15) is 18.8 Å². The molecule has 4 saturated heterocycles. The van der Waals surface area contributed by atoms with E-state index in [2.05, 4.69) is 53.6 Å². The van der Waals surface area contributed by atoms with Gasteiger partial charge in [0.15, 0.2) is 12.0 Å². The number of nitrogens with one attached hydrogen (secondary N) is 2. The van der Waals surface area contributed by atoms with E-state index in [1.165, 1.54) is 11.2 Å². The average Bonchev–Trinajstić information content (AvgIpc) is 3.45. The third-order valence-electron chi connectivity index (χ3n) is 9.35. The van der Waals surface area contributed by atoms with Gasteiger partial charge in [0.25, 0.3) is 5.92 Å². The molecule has 1 amide bonds. The van der Waals surface area contributed by atoms with Crippen molar-refractivity contribution in [2.75, 3.05) is 69.2 Å². The summed E-state index contributed by atoms with van der Waals surface area (Å²) in [7, 11) is 0. The second kappa shape index (κ2) is 13.5. The molecule has 12 nitrogen and oxygen atoms in total. The van der Waals surface area contributed by atoms with Crippen molar-refractivity contribution in [2.45, 2.75) is 43.1 Å². The number of carbonyl (C=O) groups is 1. The molecule has 0 aliphatic carbocycles. The highest BCUT2D eigenvalue weighted by Gasteiger charge is 2.45. The van der Waals surface area contributed by atoms with E-state index in [0.717, 1.165) is 50.8 Å². The van der Waals surface area contributed by atoms with Crippen molar-refractivity contribution >= 4 is 23.2 Å². The van der Waals surface area contributed by atoms with Crippen LogP contribution >= 0.6 is 0 Å². The van der Waals surface area contributed by atoms with Gasteiger partial charge in [-0.3, -0.25) is 15.0 Å². The molecule has 0 bridgehead atoms. The van der Waals surface area contributed by atoms with Crippen LogP contribution in [-0.2, 0) is 9.53 Å². The molecule has 7 rings (SSSR count). The Morgan fingerprint density at radius 1 is 1.08 bits per heavy atom. The monoisotopic (exact) mass is 663 g/mol. The molecule has 0 saturated carbocycles. The lowest BCUT2D eigenvalue weighted by Gasteiger charge is -2.43. The number of anilines is 3. The number of amides is 1. The Kier molecular flexibility index (Phi) is 9.04. The number of hydrogen-bond donors (Lipinski definition) is 2. The summed E-state index contributed by atoms with van der Waals surface area (Å²) in [6.45, 7) is 4.95. The van der Waals surface area contributed by atoms with Crippen LogP contribution in [0.15, 0.2) is 48.8 Å². The molecule has 4 aliphatic rings. The van der Waals surface area contributed by atoms with Crippen LogP contribution in [0.25, 0.3) is 11.4 Å². The summed E-state index contributed by atoms with van der Waals surface area (Å²) in [4.78, 5) is 31.8. The maximum absolute atomic E-state index is 15.1. The minimum atomic E-state index is -2.95. The molecule has 2 N–H and O–H groups in total. The topological polar surface area (TPSA) is 132 Å². The molecule has 1 aromatic heterocycles. The largest absolute Gasteiger partial charge is 0.486 e. The van der Waals surface area contributed by atoms with Gasteiger partial charge in [0.1, 0.15) is 24.3 Å². The van der Waals surface area contributed by atoms with Gasteiger partial charge in [0.05, 0.1) is 44.0 Å². The van der Waals surface area contributed by atoms with E-state index in [1.54, 1.807) is 18.2 Å². The van der Waals surface area contributed by atoms with E-state index in [0.29, 0.717) is 23.4 Å². The van der Waals surface area contributed by atoms with E-state index >= 15 is 4.39 Å². The Balaban J connectivity index is 0.951. The number of nitrogens with zero attached hydrogens (tertiary/aromatic N) is 7. The van der Waals surface area contributed by atoms with Gasteiger partial charge in [-0.15, -0.1) is 0 Å². The lowest BCUT2D eigenvalue weighted by Crippen LogP contribution is -2.56. The SMILES string of the molecule is N#Cc1cc(-c2ncnc(Nc3ccc(N4CCN(C5COC5)CC4)cc3)n2)ccc1OC1CCN(C(=O)C2CC(F)(F)CN2)CC1F. The second-order valence-electron chi connectivity index (χ2n) is 12.6. The number of carbonyl (C=O) groups excluding carboxylic acids is 1. The Morgan fingerprint density at radius 2 is 1.88 bits per heavy atom. The van der Waals surface area contributed by atoms with Crippen molar-refractivity contribution in [3.63, 3.8) is 0 Å². The summed E-state index contributed by atoms with van der Waals surface area (Å²) in [5.41, 5.74) is 2.68. The molecule has 3 unspecified atom stereocenters. The van der Waals surface area contributed by atoms with Crippen LogP contribution in [0.1, 0.15) is 18.4 Å². The third-order valence-corrected chi connectivity index (χ3v) is 9.35. The van der Waals surface area contributed by atoms with Crippen LogP contribution in [0, 0.1) is 11.3 Å². The maximum atomic E-state index is 15.1. The Morgan fingerprint density at radius 3 is 2.54 bits per heavy atom. The predicted octanol–water partition coefficient (Wildman–Crippen LogP) is 2.99. The Labute approximate surface area is 275 Å². The van der Waals surface area contributed by atoms with Gasteiger partial charge >= 0.3 is 0 Å². The number of ether oxygens (including phenoxy) is 2. The summed E-state index contributed by atoms with van der Waals surface area (Å²) in [6.07, 6.45) is -1.53. The molecular weight excluding hydrogens is 627 g/mol. The summed E-state index contributed by atoms with van der Waals surface area (Å²) < 4.78 is 53.5. The Hall–Kier alpha value is -4.52. The number of nitriles is 1. The zero-order chi connectivity index (χ0) is 33.3. The van der Waals surface area contributed by atoms with Crippen LogP contribution in [0.3, 0.4) is 0 Å². The smallest absolute Gasteiger partial charge is 0.262 e. The molecule has 2 aromatic carbocycles. The summed E-state index contributed by atoms with van der Waals surface area (Å²) >= 11 is 0. The molecule has 48 heavy (non-hydrogen) atoms. The standard InChI is InChI=1S/C33H36F3N9O3/c34-26-16-45(31(46)27-14-33(35,36)19-38-27)8-7-29(26)48-28-6-1-21(13-22(28)15-37)30-39-20-40-32(42-30)41-23-2-4-24(5-3-23)43-9-11-44(12-10-43)25-17-47-18-25/h1-6,13,20,25-27,29,38H,7-12,14,16-19H2,(H,39,40,41,42). The number of hydrogen-bond acceptors (Lipinski definition) is 11. The van der Waals surface area contributed by atoms with Gasteiger partial charge in [-0.2, -0.15) is 10.2 Å². The average molecular weight is 664 g/mol. The van der Waals surface area contributed by atoms with Gasteiger partial charge in [-0.25, -0.2) is 23.1 Å². The number of halogens is 3. The molecule has 0 spiro atoms. The highest BCUT2D eigenvalue weighted by Crippen LogP contribution is 2.31. The molecule has 15 heteroatoms. The van der Waals surface area contributed by atoms with Crippen molar-refractivity contribution in [1.29, 1.82) is 5.26 Å². The molecule has 4 fully saturated rings. The van der Waals surface area contributed by atoms with Crippen molar-refractivity contribution in [3.05, 3.63) is 54.4 Å². The first-order chi connectivity index (χ1) is 23.2. The molecular formula is C33H36F3N9O3. The first kappa shape index (κ1) is 32.0. The number of piperidine rings is 1. The normalized spacial score (nSPS) is 24.5. The van der Waals surface area contributed by atoms with Crippen molar-refractivity contribution in [3.8, 4) is 23.2 Å². The minimum Gasteiger partial charge on any atom is -0.486 e. The van der Waals surface area contributed by atoms with Gasteiger partial charge in [0, 0.05) is 62.5 Å². The molecule has 4 aliphatic heterocycles. The number of piperazine rings is 1. The fraction of sp³-hybridized carbons (Fsp3) is 0.485. The van der Waals surface area contributed by atoms with Crippen LogP contribution in [0.2, 0.25) is 0 Å². The first-order valence-electron chi connectivity index (χ1n) is 16.1. The first-order valence-corrected chi connectivity index (χ1v) is 16.1. The fourth-order valence-corrected chi connectivity index (χ4v) is 6.51. The summed E-state index contributed by atoms with van der Waals surface area (Å²) in [5, 5.41) is 15.6. The number of likely N-dealkylation sites (tertiary alicyclic amines) is 1. The molecule has 3 aromatic rings. The van der Waals surface area contributed by atoms with E-state index < -0.39 is 43.1 Å². The molecule has 252 valence electrons. The van der Waals surface area contributed by atoms with Gasteiger partial charge in [0.2, 0.25) is 11.9 Å². The van der Waals surface area contributed by atoms with Crippen molar-refractivity contribution < 1.29 is 27.4 Å². The van der Waals surface area contributed by atoms with Crippen molar-refractivity contribution in [2.24, 2.45) is 0 Å².